The second kappa shape index (κ2) is 2.86. The third kappa shape index (κ3) is 2.97. The van der Waals surface area contributed by atoms with Crippen LogP contribution >= 0.6 is 0 Å². The molecule has 0 spiro atoms. The number of aromatic nitrogens is 2. The molecule has 0 N–H and O–H groups in total. The summed E-state index contributed by atoms with van der Waals surface area (Å²) in [4.78, 5) is 6.68. The van der Waals surface area contributed by atoms with E-state index in [2.05, 4.69) is 16.3 Å². The summed E-state index contributed by atoms with van der Waals surface area (Å²) >= 11 is 0. The molecule has 5 heteroatoms. The summed E-state index contributed by atoms with van der Waals surface area (Å²) in [6.45, 7) is 0. The Kier molecular flexibility index (Phi) is 2.07. The summed E-state index contributed by atoms with van der Waals surface area (Å²) in [6, 6.07) is 1.21. The number of alkyl halides is 3. The van der Waals surface area contributed by atoms with Crippen LogP contribution in [0.25, 0.3) is 0 Å². The minimum absolute atomic E-state index is 0.0625. The van der Waals surface area contributed by atoms with Crippen LogP contribution in [-0.2, 0) is 6.42 Å². The zero-order chi connectivity index (χ0) is 8.32. The first-order valence-corrected chi connectivity index (χ1v) is 2.83. The Morgan fingerprint density at radius 2 is 2.18 bits per heavy atom. The van der Waals surface area contributed by atoms with Crippen LogP contribution in [0.5, 0.6) is 0 Å². The Labute approximate surface area is 61.1 Å². The smallest absolute Gasteiger partial charge is 0.234 e. The van der Waals surface area contributed by atoms with E-state index in [1.165, 1.54) is 12.3 Å². The average Bonchev–Trinajstić information content (AvgIpc) is 1.85. The third-order valence-electron chi connectivity index (χ3n) is 0.974. The van der Waals surface area contributed by atoms with E-state index in [4.69, 9.17) is 0 Å². The molecule has 0 saturated carbocycles. The van der Waals surface area contributed by atoms with Crippen LogP contribution in [0.3, 0.4) is 0 Å². The largest absolute Gasteiger partial charge is 0.394 e. The van der Waals surface area contributed by atoms with E-state index in [0.717, 1.165) is 0 Å². The van der Waals surface area contributed by atoms with E-state index in [0.29, 0.717) is 0 Å². The molecule has 0 atom stereocenters. The molecule has 1 aromatic rings. The van der Waals surface area contributed by atoms with Crippen LogP contribution in [0, 0.1) is 6.33 Å². The molecule has 59 valence electrons. The summed E-state index contributed by atoms with van der Waals surface area (Å²) in [5, 5.41) is 0. The number of rotatable bonds is 1. The van der Waals surface area contributed by atoms with Gasteiger partial charge >= 0.3 is 6.18 Å². The lowest BCUT2D eigenvalue weighted by Crippen LogP contribution is -2.12. The highest BCUT2D eigenvalue weighted by Crippen LogP contribution is 2.19. The monoisotopic (exact) mass is 161 g/mol. The Bertz CT molecular complexity index is 219. The quantitative estimate of drug-likeness (QED) is 0.621. The molecule has 2 nitrogen and oxygen atoms in total. The van der Waals surface area contributed by atoms with E-state index < -0.39 is 12.6 Å². The lowest BCUT2D eigenvalue weighted by Gasteiger charge is -2.03. The number of halogens is 3. The molecular weight excluding hydrogens is 157 g/mol. The summed E-state index contributed by atoms with van der Waals surface area (Å²) in [5.41, 5.74) is -0.0625. The first kappa shape index (κ1) is 7.97. The van der Waals surface area contributed by atoms with Crippen molar-refractivity contribution in [2.75, 3.05) is 0 Å². The van der Waals surface area contributed by atoms with E-state index in [9.17, 15) is 13.2 Å². The van der Waals surface area contributed by atoms with Crippen LogP contribution in [0.1, 0.15) is 5.69 Å². The SMILES string of the molecule is FC(F)(F)Cc1ccn[c]n1. The molecule has 1 heterocycles. The molecule has 0 aliphatic rings. The lowest BCUT2D eigenvalue weighted by molar-refractivity contribution is -0.127. The van der Waals surface area contributed by atoms with Crippen molar-refractivity contribution < 1.29 is 13.2 Å². The number of hydrogen-bond acceptors (Lipinski definition) is 2. The van der Waals surface area contributed by atoms with Crippen molar-refractivity contribution in [1.82, 2.24) is 9.97 Å². The molecule has 1 aromatic heterocycles. The fourth-order valence-corrected chi connectivity index (χ4v) is 0.591. The van der Waals surface area contributed by atoms with Crippen LogP contribution in [0.4, 0.5) is 13.2 Å². The Hall–Kier alpha value is -1.13. The molecule has 0 aliphatic carbocycles. The second-order valence-corrected chi connectivity index (χ2v) is 1.94. The standard InChI is InChI=1S/C6H4F3N2/c7-6(8,9)3-5-1-2-10-4-11-5/h1-2H,3H2. The maximum Gasteiger partial charge on any atom is 0.394 e. The normalized spacial score (nSPS) is 11.5. The van der Waals surface area contributed by atoms with Gasteiger partial charge in [-0.15, -0.1) is 0 Å². The maximum atomic E-state index is 11.7. The first-order valence-electron chi connectivity index (χ1n) is 2.83. The zero-order valence-electron chi connectivity index (χ0n) is 5.39. The summed E-state index contributed by atoms with van der Waals surface area (Å²) < 4.78 is 35.0. The zero-order valence-corrected chi connectivity index (χ0v) is 5.39. The van der Waals surface area contributed by atoms with Gasteiger partial charge in [0, 0.05) is 6.20 Å². The highest BCUT2D eigenvalue weighted by atomic mass is 19.4. The van der Waals surface area contributed by atoms with Gasteiger partial charge in [0.25, 0.3) is 0 Å². The summed E-state index contributed by atoms with van der Waals surface area (Å²) in [6.07, 6.45) is -1.91. The van der Waals surface area contributed by atoms with Gasteiger partial charge in [0.05, 0.1) is 12.1 Å². The van der Waals surface area contributed by atoms with Crippen molar-refractivity contribution in [3.63, 3.8) is 0 Å². The van der Waals surface area contributed by atoms with E-state index in [1.807, 2.05) is 0 Å². The van der Waals surface area contributed by atoms with E-state index >= 15 is 0 Å². The molecule has 0 saturated heterocycles. The first-order chi connectivity index (χ1) is 5.08. The fraction of sp³-hybridized carbons (Fsp3) is 0.333. The van der Waals surface area contributed by atoms with Gasteiger partial charge in [0.15, 0.2) is 6.33 Å². The van der Waals surface area contributed by atoms with E-state index in [1.54, 1.807) is 0 Å². The molecule has 11 heavy (non-hydrogen) atoms. The van der Waals surface area contributed by atoms with Crippen molar-refractivity contribution in [2.24, 2.45) is 0 Å². The van der Waals surface area contributed by atoms with Crippen LogP contribution in [-0.4, -0.2) is 16.1 Å². The molecule has 1 radical (unpaired) electrons. The molecular formula is C6H4F3N2. The van der Waals surface area contributed by atoms with Gasteiger partial charge in [-0.3, -0.25) is 0 Å². The minimum Gasteiger partial charge on any atom is -0.234 e. The van der Waals surface area contributed by atoms with Gasteiger partial charge in [-0.05, 0) is 6.07 Å². The minimum atomic E-state index is -4.21. The van der Waals surface area contributed by atoms with Crippen molar-refractivity contribution >= 4 is 0 Å². The summed E-state index contributed by atoms with van der Waals surface area (Å²) in [5.74, 6) is 0. The van der Waals surface area contributed by atoms with Gasteiger partial charge < -0.3 is 0 Å². The fourth-order valence-electron chi connectivity index (χ4n) is 0.591. The van der Waals surface area contributed by atoms with Crippen molar-refractivity contribution in [3.8, 4) is 0 Å². The highest BCUT2D eigenvalue weighted by molar-refractivity contribution is 4.98. The number of nitrogens with zero attached hydrogens (tertiary/aromatic N) is 2. The molecule has 0 aliphatic heterocycles. The molecule has 1 rings (SSSR count). The molecule has 0 aromatic carbocycles. The highest BCUT2D eigenvalue weighted by Gasteiger charge is 2.28. The maximum absolute atomic E-state index is 11.7. The van der Waals surface area contributed by atoms with Gasteiger partial charge in [-0.25, -0.2) is 9.97 Å². The average molecular weight is 161 g/mol. The Morgan fingerprint density at radius 1 is 1.45 bits per heavy atom. The topological polar surface area (TPSA) is 25.8 Å². The lowest BCUT2D eigenvalue weighted by atomic mass is 10.3. The van der Waals surface area contributed by atoms with Gasteiger partial charge in [0.2, 0.25) is 0 Å². The van der Waals surface area contributed by atoms with Crippen LogP contribution in [0.2, 0.25) is 0 Å². The van der Waals surface area contributed by atoms with Gasteiger partial charge in [-0.2, -0.15) is 13.2 Å². The van der Waals surface area contributed by atoms with Crippen molar-refractivity contribution in [1.29, 1.82) is 0 Å². The number of hydrogen-bond donors (Lipinski definition) is 0. The molecule has 0 unspecified atom stereocenters. The van der Waals surface area contributed by atoms with Crippen LogP contribution in [0.15, 0.2) is 12.3 Å². The molecule has 0 fully saturated rings. The Morgan fingerprint density at radius 3 is 2.64 bits per heavy atom. The predicted molar refractivity (Wildman–Crippen MR) is 30.6 cm³/mol. The van der Waals surface area contributed by atoms with Crippen molar-refractivity contribution in [2.45, 2.75) is 12.6 Å². The molecule has 0 amide bonds. The predicted octanol–water partition coefficient (Wildman–Crippen LogP) is 1.38. The molecule has 0 bridgehead atoms. The Balaban J connectivity index is 2.66. The van der Waals surface area contributed by atoms with Crippen LogP contribution < -0.4 is 0 Å². The van der Waals surface area contributed by atoms with Gasteiger partial charge in [0.1, 0.15) is 0 Å². The second-order valence-electron chi connectivity index (χ2n) is 1.94. The third-order valence-corrected chi connectivity index (χ3v) is 0.974. The van der Waals surface area contributed by atoms with Crippen molar-refractivity contribution in [3.05, 3.63) is 24.3 Å². The summed E-state index contributed by atoms with van der Waals surface area (Å²) in [7, 11) is 0. The van der Waals surface area contributed by atoms with E-state index in [-0.39, 0.29) is 5.69 Å². The van der Waals surface area contributed by atoms with Gasteiger partial charge in [-0.1, -0.05) is 0 Å².